The fourth-order valence-corrected chi connectivity index (χ4v) is 4.39. The number of hydrogen-bond donors (Lipinski definition) is 1. The molecule has 0 bridgehead atoms. The molecule has 0 spiro atoms. The van der Waals surface area contributed by atoms with E-state index in [-0.39, 0.29) is 5.50 Å². The summed E-state index contributed by atoms with van der Waals surface area (Å²) in [5, 5.41) is 0. The molecule has 1 atom stereocenters. The van der Waals surface area contributed by atoms with Crippen LogP contribution in [-0.2, 0) is 0 Å². The quantitative estimate of drug-likeness (QED) is 0.851. The Labute approximate surface area is 115 Å². The Morgan fingerprint density at radius 3 is 2.72 bits per heavy atom. The largest absolute Gasteiger partial charge is 0.495 e. The Kier molecular flexibility index (Phi) is 3.23. The molecule has 0 radical (unpaired) electrons. The fourth-order valence-electron chi connectivity index (χ4n) is 2.24. The third-order valence-corrected chi connectivity index (χ3v) is 5.23. The van der Waals surface area contributed by atoms with Gasteiger partial charge in [0.2, 0.25) is 0 Å². The van der Waals surface area contributed by atoms with Gasteiger partial charge < -0.3 is 14.4 Å². The van der Waals surface area contributed by atoms with Crippen LogP contribution in [-0.4, -0.2) is 37.1 Å². The number of nitrogens with zero attached hydrogens (tertiary/aromatic N) is 2. The molecule has 5 nitrogen and oxygen atoms in total. The zero-order valence-electron chi connectivity index (χ0n) is 10.5. The van der Waals surface area contributed by atoms with Gasteiger partial charge in [0.1, 0.15) is 17.2 Å². The molecule has 0 amide bonds. The van der Waals surface area contributed by atoms with Gasteiger partial charge in [-0.25, -0.2) is 5.43 Å². The van der Waals surface area contributed by atoms with E-state index in [1.165, 1.54) is 0 Å². The number of benzene rings is 1. The topological polar surface area (TPSA) is 37.0 Å². The molecule has 2 heterocycles. The summed E-state index contributed by atoms with van der Waals surface area (Å²) in [6.45, 7) is 0.787. The van der Waals surface area contributed by atoms with Crippen molar-refractivity contribution in [2.24, 2.45) is 0 Å². The first-order chi connectivity index (χ1) is 8.80. The normalized spacial score (nSPS) is 21.9. The molecule has 1 aromatic carbocycles. The molecule has 1 fully saturated rings. The van der Waals surface area contributed by atoms with Gasteiger partial charge in [0.15, 0.2) is 5.50 Å². The van der Waals surface area contributed by atoms with Crippen LogP contribution in [0.1, 0.15) is 0 Å². The summed E-state index contributed by atoms with van der Waals surface area (Å²) in [6, 6.07) is 3.92. The van der Waals surface area contributed by atoms with Crippen LogP contribution in [0.4, 0.5) is 5.69 Å². The third kappa shape index (κ3) is 1.65. The van der Waals surface area contributed by atoms with E-state index >= 15 is 0 Å². The van der Waals surface area contributed by atoms with Crippen molar-refractivity contribution in [3.8, 4) is 11.5 Å². The standard InChI is InChI=1S/C11H15N3O2S2/c1-15-7-4-5-8(16-2)10-9(7)13-6-12-14(17-3)11(13)18-10/h4-5,11-12H,6H2,1-3H3. The first-order valence-electron chi connectivity index (χ1n) is 5.55. The maximum Gasteiger partial charge on any atom is 0.159 e. The molecule has 1 aromatic rings. The second-order valence-corrected chi connectivity index (χ2v) is 5.71. The van der Waals surface area contributed by atoms with Crippen molar-refractivity contribution < 1.29 is 9.47 Å². The summed E-state index contributed by atoms with van der Waals surface area (Å²) in [5.41, 5.74) is 4.71. The lowest BCUT2D eigenvalue weighted by atomic mass is 10.2. The zero-order chi connectivity index (χ0) is 12.7. The van der Waals surface area contributed by atoms with Crippen molar-refractivity contribution in [1.29, 1.82) is 0 Å². The number of hydrogen-bond acceptors (Lipinski definition) is 7. The smallest absolute Gasteiger partial charge is 0.159 e. The van der Waals surface area contributed by atoms with Crippen molar-refractivity contribution in [3.05, 3.63) is 12.1 Å². The van der Waals surface area contributed by atoms with E-state index in [1.54, 1.807) is 37.9 Å². The number of ether oxygens (including phenoxy) is 2. The Bertz CT molecular complexity index is 472. The summed E-state index contributed by atoms with van der Waals surface area (Å²) in [7, 11) is 3.41. The highest BCUT2D eigenvalue weighted by molar-refractivity contribution is 8.02. The highest BCUT2D eigenvalue weighted by atomic mass is 32.2. The van der Waals surface area contributed by atoms with Gasteiger partial charge >= 0.3 is 0 Å². The predicted molar refractivity (Wildman–Crippen MR) is 75.0 cm³/mol. The minimum Gasteiger partial charge on any atom is -0.495 e. The molecular formula is C11H15N3O2S2. The van der Waals surface area contributed by atoms with E-state index in [4.69, 9.17) is 9.47 Å². The molecule has 2 aliphatic heterocycles. The van der Waals surface area contributed by atoms with Gasteiger partial charge in [-0.1, -0.05) is 23.7 Å². The van der Waals surface area contributed by atoms with Crippen LogP contribution >= 0.6 is 23.7 Å². The molecular weight excluding hydrogens is 270 g/mol. The van der Waals surface area contributed by atoms with Crippen LogP contribution in [0, 0.1) is 0 Å². The molecule has 1 unspecified atom stereocenters. The lowest BCUT2D eigenvalue weighted by Gasteiger charge is -2.20. The van der Waals surface area contributed by atoms with Crippen LogP contribution in [0.3, 0.4) is 0 Å². The van der Waals surface area contributed by atoms with Crippen molar-refractivity contribution in [1.82, 2.24) is 9.84 Å². The third-order valence-electron chi connectivity index (χ3n) is 3.07. The highest BCUT2D eigenvalue weighted by Crippen LogP contribution is 2.54. The lowest BCUT2D eigenvalue weighted by Crippen LogP contribution is -2.30. The maximum atomic E-state index is 5.47. The van der Waals surface area contributed by atoms with E-state index in [2.05, 4.69) is 21.0 Å². The molecule has 1 saturated heterocycles. The molecule has 98 valence electrons. The molecule has 2 aliphatic rings. The van der Waals surface area contributed by atoms with Gasteiger partial charge in [-0.2, -0.15) is 4.41 Å². The van der Waals surface area contributed by atoms with Crippen molar-refractivity contribution in [2.75, 3.05) is 32.0 Å². The van der Waals surface area contributed by atoms with Gasteiger partial charge in [-0.05, 0) is 18.4 Å². The first kappa shape index (κ1) is 12.3. The maximum absolute atomic E-state index is 5.47. The number of rotatable bonds is 3. The molecule has 7 heteroatoms. The fraction of sp³-hybridized carbons (Fsp3) is 0.455. The average Bonchev–Trinajstić information content (AvgIpc) is 2.96. The summed E-state index contributed by atoms with van der Waals surface area (Å²) in [6.07, 6.45) is 2.06. The second kappa shape index (κ2) is 4.73. The minimum atomic E-state index is 0.250. The molecule has 3 rings (SSSR count). The van der Waals surface area contributed by atoms with Gasteiger partial charge in [-0.3, -0.25) is 0 Å². The van der Waals surface area contributed by atoms with E-state index in [9.17, 15) is 0 Å². The van der Waals surface area contributed by atoms with Crippen LogP contribution < -0.4 is 19.8 Å². The SMILES string of the molecule is COc1ccc(OC)c2c1SC1N(SC)NCN21. The number of anilines is 1. The number of thioether (sulfide) groups is 1. The Morgan fingerprint density at radius 2 is 2.06 bits per heavy atom. The van der Waals surface area contributed by atoms with Crippen LogP contribution in [0.15, 0.2) is 17.0 Å². The monoisotopic (exact) mass is 285 g/mol. The molecule has 0 saturated carbocycles. The van der Waals surface area contributed by atoms with E-state index < -0.39 is 0 Å². The van der Waals surface area contributed by atoms with Gasteiger partial charge in [0.05, 0.1) is 25.8 Å². The second-order valence-electron chi connectivity index (χ2n) is 3.89. The number of hydrazine groups is 1. The minimum absolute atomic E-state index is 0.250. The number of methoxy groups -OCH3 is 2. The van der Waals surface area contributed by atoms with E-state index in [0.717, 1.165) is 28.8 Å². The van der Waals surface area contributed by atoms with Crippen molar-refractivity contribution >= 4 is 29.4 Å². The average molecular weight is 285 g/mol. The van der Waals surface area contributed by atoms with E-state index in [1.807, 2.05) is 12.1 Å². The van der Waals surface area contributed by atoms with Gasteiger partial charge in [0, 0.05) is 0 Å². The number of fused-ring (bicyclic) bond motifs is 3. The Morgan fingerprint density at radius 1 is 1.33 bits per heavy atom. The van der Waals surface area contributed by atoms with Gasteiger partial charge in [-0.15, -0.1) is 0 Å². The molecule has 0 aromatic heterocycles. The summed E-state index contributed by atoms with van der Waals surface area (Å²) < 4.78 is 13.1. The number of nitrogens with one attached hydrogen (secondary N) is 1. The van der Waals surface area contributed by atoms with Crippen LogP contribution in [0.2, 0.25) is 0 Å². The first-order valence-corrected chi connectivity index (χ1v) is 7.61. The zero-order valence-corrected chi connectivity index (χ0v) is 12.1. The predicted octanol–water partition coefficient (Wildman–Crippen LogP) is 1.96. The van der Waals surface area contributed by atoms with Crippen molar-refractivity contribution in [2.45, 2.75) is 10.4 Å². The Balaban J connectivity index is 2.06. The summed E-state index contributed by atoms with van der Waals surface area (Å²) in [5.74, 6) is 1.80. The summed E-state index contributed by atoms with van der Waals surface area (Å²) >= 11 is 3.47. The van der Waals surface area contributed by atoms with Gasteiger partial charge in [0.25, 0.3) is 0 Å². The lowest BCUT2D eigenvalue weighted by molar-refractivity contribution is 0.395. The van der Waals surface area contributed by atoms with Crippen molar-refractivity contribution in [3.63, 3.8) is 0 Å². The summed E-state index contributed by atoms with van der Waals surface area (Å²) in [4.78, 5) is 3.44. The van der Waals surface area contributed by atoms with Crippen LogP contribution in [0.5, 0.6) is 11.5 Å². The molecule has 1 N–H and O–H groups in total. The molecule has 0 aliphatic carbocycles. The van der Waals surface area contributed by atoms with Crippen LogP contribution in [0.25, 0.3) is 0 Å². The molecule has 18 heavy (non-hydrogen) atoms. The highest BCUT2D eigenvalue weighted by Gasteiger charge is 2.42. The van der Waals surface area contributed by atoms with E-state index in [0.29, 0.717) is 0 Å². The Hall–Kier alpha value is -0.760.